The first-order chi connectivity index (χ1) is 15.1. The van der Waals surface area contributed by atoms with Crippen LogP contribution in [0.4, 0.5) is 0 Å². The molecule has 1 N–H and O–H groups in total. The average molecular weight is 417 g/mol. The summed E-state index contributed by atoms with van der Waals surface area (Å²) in [7, 11) is 0. The molecule has 0 fully saturated rings. The molecule has 0 aliphatic heterocycles. The maximum atomic E-state index is 11.9. The van der Waals surface area contributed by atoms with Gasteiger partial charge in [-0.05, 0) is 43.7 Å². The van der Waals surface area contributed by atoms with Crippen LogP contribution < -0.4 is 4.74 Å². The zero-order chi connectivity index (χ0) is 21.8. The molecule has 1 aromatic heterocycles. The third-order valence-electron chi connectivity index (χ3n) is 5.18. The number of carbonyl (C=O) groups is 2. The highest BCUT2D eigenvalue weighted by Gasteiger charge is 2.16. The summed E-state index contributed by atoms with van der Waals surface area (Å²) in [6, 6.07) is 20.9. The van der Waals surface area contributed by atoms with E-state index in [4.69, 9.17) is 9.47 Å². The van der Waals surface area contributed by atoms with Gasteiger partial charge in [0.25, 0.3) is 0 Å². The number of aryl methyl sites for hydroxylation is 1. The fraction of sp³-hybridized carbons (Fsp3) is 0.200. The summed E-state index contributed by atoms with van der Waals surface area (Å²) in [5.74, 6) is -1.46. The number of aromatic carboxylic acids is 1. The molecule has 0 aliphatic carbocycles. The Morgan fingerprint density at radius 3 is 2.19 bits per heavy atom. The van der Waals surface area contributed by atoms with Crippen molar-refractivity contribution in [2.45, 2.75) is 19.9 Å². The Hall–Kier alpha value is -3.80. The SMILES string of the molecule is CCOC(=O)c1ccc(OCCCn2c3ccccc3c3ccccc32)c(C(=O)O)c1. The number of nitrogens with zero attached hydrogens (tertiary/aromatic N) is 1. The summed E-state index contributed by atoms with van der Waals surface area (Å²) in [6.45, 7) is 3.00. The molecule has 0 radical (unpaired) electrons. The minimum Gasteiger partial charge on any atom is -0.493 e. The van der Waals surface area contributed by atoms with Crippen LogP contribution in [0.3, 0.4) is 0 Å². The van der Waals surface area contributed by atoms with Crippen molar-refractivity contribution in [1.29, 1.82) is 0 Å². The molecule has 0 saturated carbocycles. The predicted molar refractivity (Wildman–Crippen MR) is 119 cm³/mol. The Kier molecular flexibility index (Phi) is 5.89. The summed E-state index contributed by atoms with van der Waals surface area (Å²) in [6.07, 6.45) is 0.696. The minimum atomic E-state index is -1.15. The summed E-state index contributed by atoms with van der Waals surface area (Å²) in [4.78, 5) is 23.5. The van der Waals surface area contributed by atoms with Crippen LogP contribution in [0.25, 0.3) is 21.8 Å². The number of esters is 1. The smallest absolute Gasteiger partial charge is 0.339 e. The van der Waals surface area contributed by atoms with E-state index in [1.807, 2.05) is 24.3 Å². The first kappa shape index (κ1) is 20.5. The van der Waals surface area contributed by atoms with Crippen LogP contribution >= 0.6 is 0 Å². The Labute approximate surface area is 179 Å². The molecular weight excluding hydrogens is 394 g/mol. The van der Waals surface area contributed by atoms with Crippen LogP contribution in [0, 0.1) is 0 Å². The zero-order valence-electron chi connectivity index (χ0n) is 17.2. The Balaban J connectivity index is 1.49. The van der Waals surface area contributed by atoms with E-state index >= 15 is 0 Å². The van der Waals surface area contributed by atoms with Gasteiger partial charge < -0.3 is 19.1 Å². The third-order valence-corrected chi connectivity index (χ3v) is 5.18. The quantitative estimate of drug-likeness (QED) is 0.317. The number of fused-ring (bicyclic) bond motifs is 3. The van der Waals surface area contributed by atoms with E-state index in [9.17, 15) is 14.7 Å². The van der Waals surface area contributed by atoms with Gasteiger partial charge in [0.15, 0.2) is 0 Å². The molecule has 3 aromatic carbocycles. The standard InChI is InChI=1S/C25H23NO5/c1-2-30-25(29)17-12-13-23(20(16-17)24(27)28)31-15-7-14-26-21-10-5-3-8-18(21)19-9-4-6-11-22(19)26/h3-6,8-13,16H,2,7,14-15H2,1H3,(H,27,28). The van der Waals surface area contributed by atoms with Gasteiger partial charge in [-0.2, -0.15) is 0 Å². The van der Waals surface area contributed by atoms with Gasteiger partial charge in [0.05, 0.1) is 18.8 Å². The number of rotatable bonds is 8. The molecule has 0 aliphatic rings. The average Bonchev–Trinajstić information content (AvgIpc) is 3.10. The number of ether oxygens (including phenoxy) is 2. The van der Waals surface area contributed by atoms with Crippen molar-refractivity contribution in [1.82, 2.24) is 4.57 Å². The number of carbonyl (C=O) groups excluding carboxylic acids is 1. The molecular formula is C25H23NO5. The number of aromatic nitrogens is 1. The third kappa shape index (κ3) is 4.10. The van der Waals surface area contributed by atoms with Gasteiger partial charge in [0.2, 0.25) is 0 Å². The second-order valence-corrected chi connectivity index (χ2v) is 7.12. The molecule has 31 heavy (non-hydrogen) atoms. The van der Waals surface area contributed by atoms with E-state index in [1.165, 1.54) is 29.0 Å². The van der Waals surface area contributed by atoms with E-state index < -0.39 is 11.9 Å². The number of carboxylic acid groups (broad SMARTS) is 1. The molecule has 0 bridgehead atoms. The van der Waals surface area contributed by atoms with E-state index in [2.05, 4.69) is 28.8 Å². The van der Waals surface area contributed by atoms with Crippen LogP contribution in [-0.4, -0.2) is 34.8 Å². The predicted octanol–water partition coefficient (Wildman–Crippen LogP) is 5.14. The summed E-state index contributed by atoms with van der Waals surface area (Å²) < 4.78 is 13.0. The molecule has 6 nitrogen and oxygen atoms in total. The van der Waals surface area contributed by atoms with Gasteiger partial charge in [-0.1, -0.05) is 36.4 Å². The second kappa shape index (κ2) is 8.92. The fourth-order valence-corrected chi connectivity index (χ4v) is 3.81. The fourth-order valence-electron chi connectivity index (χ4n) is 3.81. The highest BCUT2D eigenvalue weighted by Crippen LogP contribution is 2.29. The Morgan fingerprint density at radius 2 is 1.58 bits per heavy atom. The van der Waals surface area contributed by atoms with Crippen LogP contribution in [0.2, 0.25) is 0 Å². The molecule has 0 spiro atoms. The molecule has 158 valence electrons. The lowest BCUT2D eigenvalue weighted by molar-refractivity contribution is 0.0526. The van der Waals surface area contributed by atoms with Gasteiger partial charge in [-0.15, -0.1) is 0 Å². The molecule has 4 aromatic rings. The molecule has 0 atom stereocenters. The molecule has 0 amide bonds. The number of hydrogen-bond donors (Lipinski definition) is 1. The Morgan fingerprint density at radius 1 is 0.935 bits per heavy atom. The lowest BCUT2D eigenvalue weighted by atomic mass is 10.1. The highest BCUT2D eigenvalue weighted by atomic mass is 16.5. The van der Waals surface area contributed by atoms with E-state index in [0.717, 1.165) is 17.6 Å². The van der Waals surface area contributed by atoms with Crippen molar-refractivity contribution in [2.24, 2.45) is 0 Å². The van der Waals surface area contributed by atoms with Crippen molar-refractivity contribution < 1.29 is 24.2 Å². The van der Waals surface area contributed by atoms with Crippen LogP contribution in [0.5, 0.6) is 5.75 Å². The molecule has 0 unspecified atom stereocenters. The van der Waals surface area contributed by atoms with Crippen LogP contribution in [0.1, 0.15) is 34.1 Å². The first-order valence-electron chi connectivity index (χ1n) is 10.2. The second-order valence-electron chi connectivity index (χ2n) is 7.12. The van der Waals surface area contributed by atoms with Crippen molar-refractivity contribution in [3.8, 4) is 5.75 Å². The largest absolute Gasteiger partial charge is 0.493 e. The van der Waals surface area contributed by atoms with Crippen molar-refractivity contribution in [3.05, 3.63) is 77.9 Å². The molecule has 4 rings (SSSR count). The van der Waals surface area contributed by atoms with Crippen molar-refractivity contribution in [2.75, 3.05) is 13.2 Å². The monoisotopic (exact) mass is 417 g/mol. The van der Waals surface area contributed by atoms with E-state index in [1.54, 1.807) is 6.92 Å². The van der Waals surface area contributed by atoms with E-state index in [0.29, 0.717) is 13.0 Å². The Bertz CT molecular complexity index is 1200. The summed E-state index contributed by atoms with van der Waals surface area (Å²) in [5.41, 5.74) is 2.46. The summed E-state index contributed by atoms with van der Waals surface area (Å²) in [5, 5.41) is 11.9. The van der Waals surface area contributed by atoms with Crippen LogP contribution in [0.15, 0.2) is 66.7 Å². The minimum absolute atomic E-state index is 0.0533. The normalized spacial score (nSPS) is 11.0. The maximum Gasteiger partial charge on any atom is 0.339 e. The zero-order valence-corrected chi connectivity index (χ0v) is 17.2. The van der Waals surface area contributed by atoms with E-state index in [-0.39, 0.29) is 23.5 Å². The molecule has 1 heterocycles. The molecule has 6 heteroatoms. The van der Waals surface area contributed by atoms with Crippen LogP contribution in [-0.2, 0) is 11.3 Å². The topological polar surface area (TPSA) is 77.8 Å². The highest BCUT2D eigenvalue weighted by molar-refractivity contribution is 6.07. The lowest BCUT2D eigenvalue weighted by Gasteiger charge is -2.12. The number of benzene rings is 3. The van der Waals surface area contributed by atoms with Crippen molar-refractivity contribution >= 4 is 33.7 Å². The van der Waals surface area contributed by atoms with Gasteiger partial charge in [0.1, 0.15) is 11.3 Å². The molecule has 0 saturated heterocycles. The first-order valence-corrected chi connectivity index (χ1v) is 10.2. The van der Waals surface area contributed by atoms with Gasteiger partial charge in [-0.3, -0.25) is 0 Å². The number of para-hydroxylation sites is 2. The maximum absolute atomic E-state index is 11.9. The van der Waals surface area contributed by atoms with Crippen molar-refractivity contribution in [3.63, 3.8) is 0 Å². The number of carboxylic acids is 1. The van der Waals surface area contributed by atoms with Gasteiger partial charge >= 0.3 is 11.9 Å². The summed E-state index contributed by atoms with van der Waals surface area (Å²) >= 11 is 0. The number of hydrogen-bond acceptors (Lipinski definition) is 4. The van der Waals surface area contributed by atoms with Gasteiger partial charge in [0, 0.05) is 28.4 Å². The lowest BCUT2D eigenvalue weighted by Crippen LogP contribution is -2.10. The van der Waals surface area contributed by atoms with Gasteiger partial charge in [-0.25, -0.2) is 9.59 Å².